The van der Waals surface area contributed by atoms with Crippen molar-refractivity contribution in [2.24, 2.45) is 0 Å². The van der Waals surface area contributed by atoms with Crippen molar-refractivity contribution < 1.29 is 0 Å². The van der Waals surface area contributed by atoms with Crippen LogP contribution in [0.1, 0.15) is 0 Å². The van der Waals surface area contributed by atoms with E-state index in [0.29, 0.717) is 0 Å². The second-order valence-electron chi connectivity index (χ2n) is 11.3. The first kappa shape index (κ1) is 24.6. The molecule has 3 heteroatoms. The molecular formula is C41H27N3. The summed E-state index contributed by atoms with van der Waals surface area (Å²) in [5, 5.41) is 4.94. The van der Waals surface area contributed by atoms with Gasteiger partial charge in [-0.15, -0.1) is 0 Å². The van der Waals surface area contributed by atoms with Crippen LogP contribution in [-0.4, -0.2) is 14.1 Å². The van der Waals surface area contributed by atoms with Crippen LogP contribution in [0, 0.1) is 0 Å². The Morgan fingerprint density at radius 1 is 0.386 bits per heavy atom. The Balaban J connectivity index is 1.28. The zero-order chi connectivity index (χ0) is 29.0. The van der Waals surface area contributed by atoms with Crippen molar-refractivity contribution in [3.05, 3.63) is 164 Å². The number of aromatic nitrogens is 3. The standard InChI is InChI=1S/C41H27N3/c1-3-10-28(11-4-1)29-18-21-32(22-19-29)43-37-16-8-7-14-36(37)41-33(15-9-17-38(41)43)30-20-23-34-35-24-25-42-27-40(35)44(39(34)26-30)31-12-5-2-6-13-31/h1-27H. The van der Waals surface area contributed by atoms with Gasteiger partial charge in [0.05, 0.1) is 28.3 Å². The van der Waals surface area contributed by atoms with Gasteiger partial charge in [0.25, 0.3) is 0 Å². The van der Waals surface area contributed by atoms with E-state index in [4.69, 9.17) is 0 Å². The maximum absolute atomic E-state index is 4.48. The van der Waals surface area contributed by atoms with E-state index in [1.165, 1.54) is 60.3 Å². The molecule has 0 amide bonds. The number of para-hydroxylation sites is 2. The smallest absolute Gasteiger partial charge is 0.0724 e. The van der Waals surface area contributed by atoms with E-state index in [0.717, 1.165) is 16.9 Å². The Labute approximate surface area is 254 Å². The Hall–Kier alpha value is -5.93. The quantitative estimate of drug-likeness (QED) is 0.210. The number of hydrogen-bond acceptors (Lipinski definition) is 1. The highest BCUT2D eigenvalue weighted by Crippen LogP contribution is 2.41. The minimum absolute atomic E-state index is 1.11. The van der Waals surface area contributed by atoms with Gasteiger partial charge in [-0.1, -0.05) is 103 Å². The predicted molar refractivity (Wildman–Crippen MR) is 184 cm³/mol. The highest BCUT2D eigenvalue weighted by Gasteiger charge is 2.18. The number of fused-ring (bicyclic) bond motifs is 6. The average Bonchev–Trinajstić information content (AvgIpc) is 3.62. The van der Waals surface area contributed by atoms with Crippen molar-refractivity contribution in [2.45, 2.75) is 0 Å². The summed E-state index contributed by atoms with van der Waals surface area (Å²) in [6.07, 6.45) is 3.85. The third-order valence-electron chi connectivity index (χ3n) is 8.83. The summed E-state index contributed by atoms with van der Waals surface area (Å²) in [7, 11) is 0. The van der Waals surface area contributed by atoms with Crippen LogP contribution in [0.2, 0.25) is 0 Å². The number of pyridine rings is 1. The van der Waals surface area contributed by atoms with Gasteiger partial charge in [0.2, 0.25) is 0 Å². The van der Waals surface area contributed by atoms with Gasteiger partial charge in [-0.05, 0) is 70.8 Å². The van der Waals surface area contributed by atoms with Crippen LogP contribution in [0.3, 0.4) is 0 Å². The van der Waals surface area contributed by atoms with E-state index in [2.05, 4.69) is 166 Å². The maximum Gasteiger partial charge on any atom is 0.0724 e. The van der Waals surface area contributed by atoms with Crippen LogP contribution in [-0.2, 0) is 0 Å². The van der Waals surface area contributed by atoms with Crippen LogP contribution < -0.4 is 0 Å². The first-order valence-electron chi connectivity index (χ1n) is 15.0. The van der Waals surface area contributed by atoms with Gasteiger partial charge in [0, 0.05) is 39.1 Å². The molecule has 0 atom stereocenters. The van der Waals surface area contributed by atoms with E-state index >= 15 is 0 Å². The molecule has 0 aliphatic carbocycles. The van der Waals surface area contributed by atoms with Crippen molar-refractivity contribution in [1.29, 1.82) is 0 Å². The Bertz CT molecular complexity index is 2470. The molecule has 3 aromatic heterocycles. The molecule has 0 unspecified atom stereocenters. The molecule has 44 heavy (non-hydrogen) atoms. The minimum atomic E-state index is 1.11. The normalized spacial score (nSPS) is 11.6. The molecule has 9 rings (SSSR count). The van der Waals surface area contributed by atoms with E-state index in [1.807, 2.05) is 12.4 Å². The molecule has 0 radical (unpaired) electrons. The lowest BCUT2D eigenvalue weighted by molar-refractivity contribution is 1.17. The van der Waals surface area contributed by atoms with Gasteiger partial charge in [-0.2, -0.15) is 0 Å². The van der Waals surface area contributed by atoms with Crippen molar-refractivity contribution in [3.8, 4) is 33.6 Å². The average molecular weight is 562 g/mol. The van der Waals surface area contributed by atoms with Gasteiger partial charge in [0.1, 0.15) is 0 Å². The Morgan fingerprint density at radius 3 is 1.86 bits per heavy atom. The molecule has 0 fully saturated rings. The highest BCUT2D eigenvalue weighted by molar-refractivity contribution is 6.17. The van der Waals surface area contributed by atoms with Crippen molar-refractivity contribution in [2.75, 3.05) is 0 Å². The summed E-state index contributed by atoms with van der Waals surface area (Å²) in [6.45, 7) is 0. The van der Waals surface area contributed by atoms with Crippen molar-refractivity contribution >= 4 is 43.6 Å². The fourth-order valence-electron chi connectivity index (χ4n) is 6.86. The SMILES string of the molecule is c1ccc(-c2ccc(-n3c4ccccc4c4c(-c5ccc6c7ccncc7n(-c7ccccc7)c6c5)cccc43)cc2)cc1. The third-order valence-corrected chi connectivity index (χ3v) is 8.83. The zero-order valence-corrected chi connectivity index (χ0v) is 23.9. The summed E-state index contributed by atoms with van der Waals surface area (Å²) in [5.41, 5.74) is 11.8. The predicted octanol–water partition coefficient (Wildman–Crippen LogP) is 10.6. The molecule has 0 N–H and O–H groups in total. The summed E-state index contributed by atoms with van der Waals surface area (Å²) >= 11 is 0. The van der Waals surface area contributed by atoms with Crippen LogP contribution in [0.5, 0.6) is 0 Å². The lowest BCUT2D eigenvalue weighted by atomic mass is 9.98. The van der Waals surface area contributed by atoms with Crippen LogP contribution in [0.25, 0.3) is 77.2 Å². The molecule has 6 aromatic carbocycles. The van der Waals surface area contributed by atoms with Gasteiger partial charge < -0.3 is 9.13 Å². The van der Waals surface area contributed by atoms with Crippen molar-refractivity contribution in [1.82, 2.24) is 14.1 Å². The molecule has 0 saturated heterocycles. The van der Waals surface area contributed by atoms with Crippen LogP contribution >= 0.6 is 0 Å². The molecule has 0 aliphatic heterocycles. The second-order valence-corrected chi connectivity index (χ2v) is 11.3. The van der Waals surface area contributed by atoms with Gasteiger partial charge in [-0.3, -0.25) is 4.98 Å². The van der Waals surface area contributed by atoms with Crippen LogP contribution in [0.15, 0.2) is 164 Å². The maximum atomic E-state index is 4.48. The molecule has 206 valence electrons. The lowest BCUT2D eigenvalue weighted by Gasteiger charge is -2.11. The molecule has 9 aromatic rings. The molecule has 3 heterocycles. The van der Waals surface area contributed by atoms with Gasteiger partial charge in [-0.25, -0.2) is 0 Å². The lowest BCUT2D eigenvalue weighted by Crippen LogP contribution is -1.94. The van der Waals surface area contributed by atoms with Gasteiger partial charge in [0.15, 0.2) is 0 Å². The number of hydrogen-bond donors (Lipinski definition) is 0. The van der Waals surface area contributed by atoms with Crippen molar-refractivity contribution in [3.63, 3.8) is 0 Å². The fourth-order valence-corrected chi connectivity index (χ4v) is 6.86. The topological polar surface area (TPSA) is 22.8 Å². The molecule has 0 saturated carbocycles. The van der Waals surface area contributed by atoms with E-state index < -0.39 is 0 Å². The molecule has 0 bridgehead atoms. The van der Waals surface area contributed by atoms with E-state index in [9.17, 15) is 0 Å². The first-order valence-corrected chi connectivity index (χ1v) is 15.0. The Kier molecular flexibility index (Phi) is 5.50. The summed E-state index contributed by atoms with van der Waals surface area (Å²) in [4.78, 5) is 4.48. The second kappa shape index (κ2) is 9.82. The molecule has 0 spiro atoms. The fraction of sp³-hybridized carbons (Fsp3) is 0. The molecular weight excluding hydrogens is 534 g/mol. The number of benzene rings is 6. The highest BCUT2D eigenvalue weighted by atomic mass is 15.0. The number of rotatable bonds is 4. The minimum Gasteiger partial charge on any atom is -0.309 e. The summed E-state index contributed by atoms with van der Waals surface area (Å²) in [5.74, 6) is 0. The zero-order valence-electron chi connectivity index (χ0n) is 23.9. The summed E-state index contributed by atoms with van der Waals surface area (Å²) in [6, 6.07) is 54.5. The number of nitrogens with zero attached hydrogens (tertiary/aromatic N) is 3. The monoisotopic (exact) mass is 561 g/mol. The van der Waals surface area contributed by atoms with Gasteiger partial charge >= 0.3 is 0 Å². The first-order chi connectivity index (χ1) is 21.8. The largest absolute Gasteiger partial charge is 0.309 e. The molecule has 0 aliphatic rings. The van der Waals surface area contributed by atoms with E-state index in [-0.39, 0.29) is 0 Å². The summed E-state index contributed by atoms with van der Waals surface area (Å²) < 4.78 is 4.73. The third kappa shape index (κ3) is 3.73. The Morgan fingerprint density at radius 2 is 1.02 bits per heavy atom. The molecule has 3 nitrogen and oxygen atoms in total. The van der Waals surface area contributed by atoms with Crippen LogP contribution in [0.4, 0.5) is 0 Å². The van der Waals surface area contributed by atoms with E-state index in [1.54, 1.807) is 0 Å².